The standard InChI is InChI=1S/C14H18O9/c15-5-9-11(19)12(20)13(21)14(23-9)22-8-2-1-7(16)3-6(8)4-10(17)18/h1-3,9,11-16,19-21H,4-5H2,(H,17,18). The number of hydrogen-bond acceptors (Lipinski definition) is 8. The first kappa shape index (κ1) is 17.4. The summed E-state index contributed by atoms with van der Waals surface area (Å²) in [5.74, 6) is -1.30. The van der Waals surface area contributed by atoms with Gasteiger partial charge in [-0.3, -0.25) is 4.79 Å². The largest absolute Gasteiger partial charge is 0.508 e. The van der Waals surface area contributed by atoms with Gasteiger partial charge in [0.25, 0.3) is 0 Å². The highest BCUT2D eigenvalue weighted by Crippen LogP contribution is 2.29. The molecule has 2 rings (SSSR count). The summed E-state index contributed by atoms with van der Waals surface area (Å²) in [7, 11) is 0. The average molecular weight is 330 g/mol. The number of aromatic hydroxyl groups is 1. The monoisotopic (exact) mass is 330 g/mol. The number of carbonyl (C=O) groups is 1. The van der Waals surface area contributed by atoms with Gasteiger partial charge in [-0.1, -0.05) is 0 Å². The van der Waals surface area contributed by atoms with E-state index in [2.05, 4.69) is 0 Å². The number of carboxylic acid groups (broad SMARTS) is 1. The molecule has 5 atom stereocenters. The third-order valence-electron chi connectivity index (χ3n) is 3.48. The summed E-state index contributed by atoms with van der Waals surface area (Å²) in [5.41, 5.74) is 0.134. The number of ether oxygens (including phenoxy) is 2. The number of phenols is 1. The number of rotatable bonds is 5. The molecule has 9 nitrogen and oxygen atoms in total. The highest BCUT2D eigenvalue weighted by Gasteiger charge is 2.44. The van der Waals surface area contributed by atoms with Crippen molar-refractivity contribution in [3.8, 4) is 11.5 Å². The Morgan fingerprint density at radius 1 is 1.17 bits per heavy atom. The van der Waals surface area contributed by atoms with Crippen LogP contribution in [0, 0.1) is 0 Å². The topological polar surface area (TPSA) is 157 Å². The third kappa shape index (κ3) is 3.89. The van der Waals surface area contributed by atoms with Gasteiger partial charge in [0, 0.05) is 5.56 Å². The van der Waals surface area contributed by atoms with Crippen LogP contribution in [0.15, 0.2) is 18.2 Å². The number of hydrogen-bond donors (Lipinski definition) is 6. The molecule has 1 aliphatic rings. The van der Waals surface area contributed by atoms with Crippen molar-refractivity contribution >= 4 is 5.97 Å². The van der Waals surface area contributed by atoms with E-state index in [0.29, 0.717) is 0 Å². The van der Waals surface area contributed by atoms with Crippen LogP contribution in [0.4, 0.5) is 0 Å². The Morgan fingerprint density at radius 2 is 1.87 bits per heavy atom. The molecule has 1 heterocycles. The van der Waals surface area contributed by atoms with Crippen LogP contribution in [0.25, 0.3) is 0 Å². The third-order valence-corrected chi connectivity index (χ3v) is 3.48. The summed E-state index contributed by atoms with van der Waals surface area (Å²) >= 11 is 0. The van der Waals surface area contributed by atoms with Crippen LogP contribution in [0.5, 0.6) is 11.5 Å². The fourth-order valence-electron chi connectivity index (χ4n) is 2.27. The molecule has 128 valence electrons. The Hall–Kier alpha value is -1.91. The first-order valence-electron chi connectivity index (χ1n) is 6.84. The van der Waals surface area contributed by atoms with Crippen molar-refractivity contribution in [2.45, 2.75) is 37.1 Å². The summed E-state index contributed by atoms with van der Waals surface area (Å²) in [5, 5.41) is 56.7. The first-order valence-corrected chi connectivity index (χ1v) is 6.84. The molecule has 0 amide bonds. The fourth-order valence-corrected chi connectivity index (χ4v) is 2.27. The molecule has 23 heavy (non-hydrogen) atoms. The van der Waals surface area contributed by atoms with Gasteiger partial charge in [0.1, 0.15) is 35.9 Å². The summed E-state index contributed by atoms with van der Waals surface area (Å²) < 4.78 is 10.6. The minimum atomic E-state index is -1.61. The number of aliphatic carboxylic acids is 1. The second-order valence-electron chi connectivity index (χ2n) is 5.18. The van der Waals surface area contributed by atoms with Gasteiger partial charge < -0.3 is 40.1 Å². The Balaban J connectivity index is 2.22. The maximum atomic E-state index is 10.9. The number of carboxylic acids is 1. The molecule has 5 unspecified atom stereocenters. The van der Waals surface area contributed by atoms with Crippen molar-refractivity contribution in [1.82, 2.24) is 0 Å². The van der Waals surface area contributed by atoms with Crippen molar-refractivity contribution in [2.24, 2.45) is 0 Å². The maximum Gasteiger partial charge on any atom is 0.307 e. The molecule has 0 aromatic heterocycles. The molecule has 1 saturated heterocycles. The van der Waals surface area contributed by atoms with Gasteiger partial charge in [-0.2, -0.15) is 0 Å². The van der Waals surface area contributed by atoms with Crippen LogP contribution in [0.3, 0.4) is 0 Å². The Bertz CT molecular complexity index is 559. The van der Waals surface area contributed by atoms with Gasteiger partial charge in [0.15, 0.2) is 0 Å². The zero-order valence-corrected chi connectivity index (χ0v) is 11.9. The smallest absolute Gasteiger partial charge is 0.307 e. The molecule has 1 fully saturated rings. The molecule has 0 spiro atoms. The van der Waals surface area contributed by atoms with Crippen LogP contribution in [0.2, 0.25) is 0 Å². The minimum absolute atomic E-state index is 0.0227. The molecular weight excluding hydrogens is 312 g/mol. The van der Waals surface area contributed by atoms with Gasteiger partial charge in [-0.05, 0) is 18.2 Å². The number of benzene rings is 1. The van der Waals surface area contributed by atoms with Crippen LogP contribution < -0.4 is 4.74 Å². The predicted octanol–water partition coefficient (Wildman–Crippen LogP) is -1.80. The van der Waals surface area contributed by atoms with Crippen molar-refractivity contribution in [3.63, 3.8) is 0 Å². The lowest BCUT2D eigenvalue weighted by Gasteiger charge is -2.39. The van der Waals surface area contributed by atoms with Crippen molar-refractivity contribution in [1.29, 1.82) is 0 Å². The molecule has 1 aromatic carbocycles. The lowest BCUT2D eigenvalue weighted by Crippen LogP contribution is -2.60. The lowest BCUT2D eigenvalue weighted by atomic mass is 9.99. The Labute approximate surface area is 130 Å². The molecule has 0 radical (unpaired) electrons. The van der Waals surface area contributed by atoms with E-state index in [4.69, 9.17) is 19.7 Å². The van der Waals surface area contributed by atoms with Crippen LogP contribution in [-0.4, -0.2) is 73.9 Å². The molecule has 0 saturated carbocycles. The van der Waals surface area contributed by atoms with Gasteiger partial charge in [0.05, 0.1) is 13.0 Å². The van der Waals surface area contributed by atoms with Gasteiger partial charge >= 0.3 is 5.97 Å². The Kier molecular flexibility index (Phi) is 5.39. The van der Waals surface area contributed by atoms with Crippen LogP contribution in [-0.2, 0) is 16.0 Å². The zero-order valence-electron chi connectivity index (χ0n) is 11.9. The molecule has 6 N–H and O–H groups in total. The normalized spacial score (nSPS) is 30.9. The zero-order chi connectivity index (χ0) is 17.1. The molecular formula is C14H18O9. The number of phenolic OH excluding ortho intramolecular Hbond substituents is 1. The molecule has 0 bridgehead atoms. The average Bonchev–Trinajstić information content (AvgIpc) is 2.49. The van der Waals surface area contributed by atoms with Gasteiger partial charge in [-0.15, -0.1) is 0 Å². The van der Waals surface area contributed by atoms with E-state index in [1.54, 1.807) is 0 Å². The van der Waals surface area contributed by atoms with Crippen LogP contribution >= 0.6 is 0 Å². The number of aliphatic hydroxyl groups is 4. The van der Waals surface area contributed by atoms with E-state index in [0.717, 1.165) is 0 Å². The minimum Gasteiger partial charge on any atom is -0.508 e. The highest BCUT2D eigenvalue weighted by atomic mass is 16.7. The van der Waals surface area contributed by atoms with Crippen LogP contribution in [0.1, 0.15) is 5.56 Å². The van der Waals surface area contributed by atoms with Gasteiger partial charge in [0.2, 0.25) is 6.29 Å². The quantitative estimate of drug-likeness (QED) is 0.366. The highest BCUT2D eigenvalue weighted by molar-refractivity contribution is 5.71. The van der Waals surface area contributed by atoms with E-state index in [-0.39, 0.29) is 17.1 Å². The summed E-state index contributed by atoms with van der Waals surface area (Å²) in [6, 6.07) is 3.73. The molecule has 0 aliphatic carbocycles. The van der Waals surface area contributed by atoms with Crippen molar-refractivity contribution in [3.05, 3.63) is 23.8 Å². The van der Waals surface area contributed by atoms with Gasteiger partial charge in [-0.25, -0.2) is 0 Å². The van der Waals surface area contributed by atoms with E-state index in [1.165, 1.54) is 18.2 Å². The van der Waals surface area contributed by atoms with E-state index in [1.807, 2.05) is 0 Å². The Morgan fingerprint density at radius 3 is 2.48 bits per heavy atom. The molecule has 1 aromatic rings. The second-order valence-corrected chi connectivity index (χ2v) is 5.18. The lowest BCUT2D eigenvalue weighted by molar-refractivity contribution is -0.277. The fraction of sp³-hybridized carbons (Fsp3) is 0.500. The molecule has 9 heteroatoms. The summed E-state index contributed by atoms with van der Waals surface area (Å²) in [6.07, 6.45) is -7.75. The molecule has 1 aliphatic heterocycles. The summed E-state index contributed by atoms with van der Waals surface area (Å²) in [4.78, 5) is 10.9. The van der Waals surface area contributed by atoms with E-state index in [9.17, 15) is 25.2 Å². The van der Waals surface area contributed by atoms with E-state index >= 15 is 0 Å². The first-order chi connectivity index (χ1) is 10.8. The SMILES string of the molecule is O=C(O)Cc1cc(O)ccc1OC1OC(CO)C(O)C(O)C1O. The number of aliphatic hydroxyl groups excluding tert-OH is 4. The van der Waals surface area contributed by atoms with Crippen molar-refractivity contribution < 1.29 is 44.9 Å². The predicted molar refractivity (Wildman–Crippen MR) is 73.8 cm³/mol. The van der Waals surface area contributed by atoms with E-state index < -0.39 is 49.7 Å². The summed E-state index contributed by atoms with van der Waals surface area (Å²) in [6.45, 7) is -0.609. The second kappa shape index (κ2) is 7.11. The van der Waals surface area contributed by atoms with Crippen molar-refractivity contribution in [2.75, 3.05) is 6.61 Å². The maximum absolute atomic E-state index is 10.9.